The number of piperidine rings is 2. The van der Waals surface area contributed by atoms with E-state index in [1.54, 1.807) is 14.7 Å². The quantitative estimate of drug-likeness (QED) is 0.652. The monoisotopic (exact) mass is 453 g/mol. The number of nitrogens with one attached hydrogen (secondary N) is 2. The Labute approximate surface area is 185 Å². The number of hydrogen-bond donors (Lipinski definition) is 2. The molecule has 174 valence electrons. The fraction of sp³-hybridized carbons (Fsp3) is 0.810. The SMILES string of the molecule is CC(C)NC1CCN(S(=O)(=O)N2CC[C@H](NC(=O)c3cc(C4CC4)on3)C[C@@H]2C)CC1. The highest BCUT2D eigenvalue weighted by molar-refractivity contribution is 7.86. The van der Waals surface area contributed by atoms with E-state index in [1.165, 1.54) is 0 Å². The second-order valence-electron chi connectivity index (χ2n) is 9.55. The zero-order chi connectivity index (χ0) is 22.2. The van der Waals surface area contributed by atoms with E-state index < -0.39 is 10.2 Å². The van der Waals surface area contributed by atoms with E-state index in [0.717, 1.165) is 31.4 Å². The number of nitrogens with zero attached hydrogens (tertiary/aromatic N) is 3. The lowest BCUT2D eigenvalue weighted by Crippen LogP contribution is -2.56. The molecule has 3 fully saturated rings. The lowest BCUT2D eigenvalue weighted by molar-refractivity contribution is 0.0903. The summed E-state index contributed by atoms with van der Waals surface area (Å²) < 4.78 is 34.9. The topological polar surface area (TPSA) is 108 Å². The van der Waals surface area contributed by atoms with E-state index in [4.69, 9.17) is 4.52 Å². The molecule has 2 saturated heterocycles. The minimum absolute atomic E-state index is 0.0731. The Morgan fingerprint density at radius 2 is 1.81 bits per heavy atom. The Bertz CT molecular complexity index is 874. The van der Waals surface area contributed by atoms with Crippen molar-refractivity contribution in [3.8, 4) is 0 Å². The van der Waals surface area contributed by atoms with Crippen LogP contribution in [0.2, 0.25) is 0 Å². The Hall–Kier alpha value is -1.49. The zero-order valence-electron chi connectivity index (χ0n) is 18.7. The predicted octanol–water partition coefficient (Wildman–Crippen LogP) is 1.84. The minimum atomic E-state index is -3.49. The average molecular weight is 454 g/mol. The van der Waals surface area contributed by atoms with Crippen molar-refractivity contribution in [3.63, 3.8) is 0 Å². The Morgan fingerprint density at radius 3 is 2.42 bits per heavy atom. The standard InChI is InChI=1S/C21H35N5O4S/c1-14(2)22-17-6-9-25(10-7-17)31(28,29)26-11-8-18(12-15(26)3)23-21(27)19-13-20(30-24-19)16-4-5-16/h13-18,22H,4-12H2,1-3H3,(H,23,27)/t15-,18-/m0/s1. The van der Waals surface area contributed by atoms with Gasteiger partial charge in [-0.3, -0.25) is 4.79 Å². The van der Waals surface area contributed by atoms with Gasteiger partial charge in [-0.1, -0.05) is 19.0 Å². The van der Waals surface area contributed by atoms with E-state index in [-0.39, 0.29) is 18.0 Å². The van der Waals surface area contributed by atoms with Crippen LogP contribution >= 0.6 is 0 Å². The van der Waals surface area contributed by atoms with E-state index in [9.17, 15) is 13.2 Å². The first-order valence-corrected chi connectivity index (χ1v) is 12.9. The van der Waals surface area contributed by atoms with E-state index in [1.807, 2.05) is 6.92 Å². The van der Waals surface area contributed by atoms with Crippen LogP contribution in [-0.4, -0.2) is 71.9 Å². The molecule has 3 aliphatic rings. The van der Waals surface area contributed by atoms with Crippen molar-refractivity contribution in [2.75, 3.05) is 19.6 Å². The zero-order valence-corrected chi connectivity index (χ0v) is 19.5. The van der Waals surface area contributed by atoms with Gasteiger partial charge in [-0.25, -0.2) is 0 Å². The van der Waals surface area contributed by atoms with Gasteiger partial charge in [-0.05, 0) is 45.4 Å². The van der Waals surface area contributed by atoms with Gasteiger partial charge >= 0.3 is 0 Å². The highest BCUT2D eigenvalue weighted by Gasteiger charge is 2.39. The molecule has 0 spiro atoms. The van der Waals surface area contributed by atoms with E-state index >= 15 is 0 Å². The van der Waals surface area contributed by atoms with Crippen molar-refractivity contribution in [1.82, 2.24) is 24.4 Å². The van der Waals surface area contributed by atoms with Gasteiger partial charge in [-0.2, -0.15) is 17.0 Å². The smallest absolute Gasteiger partial charge is 0.282 e. The summed E-state index contributed by atoms with van der Waals surface area (Å²) in [5.74, 6) is 0.949. The number of amides is 1. The number of rotatable bonds is 7. The molecule has 0 unspecified atom stereocenters. The molecule has 2 atom stereocenters. The third-order valence-corrected chi connectivity index (χ3v) is 8.69. The Kier molecular flexibility index (Phi) is 6.71. The van der Waals surface area contributed by atoms with Crippen LogP contribution in [0.5, 0.6) is 0 Å². The van der Waals surface area contributed by atoms with Crippen molar-refractivity contribution in [3.05, 3.63) is 17.5 Å². The summed E-state index contributed by atoms with van der Waals surface area (Å²) in [6.07, 6.45) is 5.02. The lowest BCUT2D eigenvalue weighted by atomic mass is 10.0. The predicted molar refractivity (Wildman–Crippen MR) is 117 cm³/mol. The molecule has 31 heavy (non-hydrogen) atoms. The molecule has 1 saturated carbocycles. The summed E-state index contributed by atoms with van der Waals surface area (Å²) in [6.45, 7) is 7.65. The highest BCUT2D eigenvalue weighted by atomic mass is 32.2. The first-order chi connectivity index (χ1) is 14.7. The van der Waals surface area contributed by atoms with Gasteiger partial charge in [0.2, 0.25) is 0 Å². The van der Waals surface area contributed by atoms with Crippen LogP contribution in [0.4, 0.5) is 0 Å². The molecule has 1 aromatic heterocycles. The summed E-state index contributed by atoms with van der Waals surface area (Å²) in [7, 11) is -3.49. The van der Waals surface area contributed by atoms with Crippen molar-refractivity contribution < 1.29 is 17.7 Å². The second kappa shape index (κ2) is 9.17. The first-order valence-electron chi connectivity index (χ1n) is 11.5. The summed E-state index contributed by atoms with van der Waals surface area (Å²) in [5.41, 5.74) is 0.308. The van der Waals surface area contributed by atoms with E-state index in [0.29, 0.717) is 56.2 Å². The summed E-state index contributed by atoms with van der Waals surface area (Å²) >= 11 is 0. The molecule has 2 aliphatic heterocycles. The second-order valence-corrected chi connectivity index (χ2v) is 11.4. The maximum atomic E-state index is 13.2. The molecule has 4 rings (SSSR count). The van der Waals surface area contributed by atoms with Crippen LogP contribution in [0, 0.1) is 0 Å². The fourth-order valence-electron chi connectivity index (χ4n) is 4.71. The third kappa shape index (κ3) is 5.30. The largest absolute Gasteiger partial charge is 0.360 e. The van der Waals surface area contributed by atoms with E-state index in [2.05, 4.69) is 29.6 Å². The molecule has 0 bridgehead atoms. The number of carbonyl (C=O) groups excluding carboxylic acids is 1. The van der Waals surface area contributed by atoms with Crippen LogP contribution in [0.15, 0.2) is 10.6 Å². The van der Waals surface area contributed by atoms with Gasteiger partial charge in [0, 0.05) is 55.8 Å². The van der Waals surface area contributed by atoms with Crippen LogP contribution in [0.1, 0.15) is 81.5 Å². The van der Waals surface area contributed by atoms with Crippen molar-refractivity contribution >= 4 is 16.1 Å². The summed E-state index contributed by atoms with van der Waals surface area (Å²) in [5, 5.41) is 10.4. The minimum Gasteiger partial charge on any atom is -0.360 e. The van der Waals surface area contributed by atoms with Gasteiger partial charge in [0.05, 0.1) is 0 Å². The molecule has 1 aromatic rings. The van der Waals surface area contributed by atoms with Crippen LogP contribution in [0.3, 0.4) is 0 Å². The normalized spacial score (nSPS) is 27.0. The Balaban J connectivity index is 1.29. The van der Waals surface area contributed by atoms with Crippen molar-refractivity contribution in [2.24, 2.45) is 0 Å². The molecule has 1 amide bonds. The van der Waals surface area contributed by atoms with Crippen molar-refractivity contribution in [1.29, 1.82) is 0 Å². The lowest BCUT2D eigenvalue weighted by Gasteiger charge is -2.41. The number of hydrogen-bond acceptors (Lipinski definition) is 6. The first kappa shape index (κ1) is 22.7. The third-order valence-electron chi connectivity index (χ3n) is 6.54. The molecule has 2 N–H and O–H groups in total. The average Bonchev–Trinajstić information content (AvgIpc) is 3.44. The Morgan fingerprint density at radius 1 is 1.13 bits per heavy atom. The summed E-state index contributed by atoms with van der Waals surface area (Å²) in [6, 6.07) is 2.26. The maximum Gasteiger partial charge on any atom is 0.282 e. The van der Waals surface area contributed by atoms with Gasteiger partial charge in [0.1, 0.15) is 5.76 Å². The van der Waals surface area contributed by atoms with Crippen LogP contribution in [0.25, 0.3) is 0 Å². The van der Waals surface area contributed by atoms with Gasteiger partial charge in [-0.15, -0.1) is 0 Å². The van der Waals surface area contributed by atoms with Crippen molar-refractivity contribution in [2.45, 2.75) is 89.4 Å². The molecule has 3 heterocycles. The van der Waals surface area contributed by atoms with Gasteiger partial charge in [0.15, 0.2) is 5.69 Å². The molecule has 9 nitrogen and oxygen atoms in total. The van der Waals surface area contributed by atoms with Gasteiger partial charge < -0.3 is 15.2 Å². The maximum absolute atomic E-state index is 13.2. The highest BCUT2D eigenvalue weighted by Crippen LogP contribution is 2.40. The molecular weight excluding hydrogens is 418 g/mol. The number of carbonyl (C=O) groups is 1. The molecule has 0 aromatic carbocycles. The molecule has 1 aliphatic carbocycles. The molecule has 0 radical (unpaired) electrons. The van der Waals surface area contributed by atoms with Crippen LogP contribution < -0.4 is 10.6 Å². The van der Waals surface area contributed by atoms with Crippen LogP contribution in [-0.2, 0) is 10.2 Å². The molecular formula is C21H35N5O4S. The fourth-order valence-corrected chi connectivity index (χ4v) is 6.56. The molecule has 10 heteroatoms. The number of aromatic nitrogens is 1. The van der Waals surface area contributed by atoms with Gasteiger partial charge in [0.25, 0.3) is 16.1 Å². The summed E-state index contributed by atoms with van der Waals surface area (Å²) in [4.78, 5) is 12.5.